The molecule has 0 aliphatic heterocycles. The van der Waals surface area contributed by atoms with Gasteiger partial charge in [-0.3, -0.25) is 4.79 Å². The Morgan fingerprint density at radius 1 is 0.733 bits per heavy atom. The van der Waals surface area contributed by atoms with E-state index in [2.05, 4.69) is 10.5 Å². The molecule has 7 nitrogen and oxygen atoms in total. The normalized spacial score (nSPS) is 10.5. The molecule has 3 aromatic carbocycles. The molecule has 7 heteroatoms. The lowest BCUT2D eigenvalue weighted by Crippen LogP contribution is -2.17. The quantitative estimate of drug-likeness (QED) is 0.281. The predicted molar refractivity (Wildman–Crippen MR) is 112 cm³/mol. The van der Waals surface area contributed by atoms with Crippen molar-refractivity contribution < 1.29 is 23.8 Å². The van der Waals surface area contributed by atoms with Crippen molar-refractivity contribution >= 4 is 18.1 Å². The number of hydrogen-bond donors (Lipinski definition) is 1. The first-order chi connectivity index (χ1) is 14.6. The third kappa shape index (κ3) is 5.45. The summed E-state index contributed by atoms with van der Waals surface area (Å²) in [5.41, 5.74) is 4.07. The lowest BCUT2D eigenvalue weighted by atomic mass is 10.2. The van der Waals surface area contributed by atoms with E-state index in [-0.39, 0.29) is 5.91 Å². The van der Waals surface area contributed by atoms with Crippen molar-refractivity contribution in [1.82, 2.24) is 5.43 Å². The third-order valence-corrected chi connectivity index (χ3v) is 4.15. The molecule has 0 aliphatic carbocycles. The Bertz CT molecular complexity index is 1030. The molecule has 0 saturated heterocycles. The van der Waals surface area contributed by atoms with E-state index < -0.39 is 5.97 Å². The maximum Gasteiger partial charge on any atom is 0.343 e. The molecule has 0 aliphatic rings. The molecule has 3 aromatic rings. The average molecular weight is 404 g/mol. The van der Waals surface area contributed by atoms with Crippen LogP contribution in [-0.4, -0.2) is 32.3 Å². The maximum absolute atomic E-state index is 12.2. The van der Waals surface area contributed by atoms with Gasteiger partial charge >= 0.3 is 5.97 Å². The first-order valence-electron chi connectivity index (χ1n) is 9.03. The van der Waals surface area contributed by atoms with Gasteiger partial charge in [-0.25, -0.2) is 10.2 Å². The zero-order chi connectivity index (χ0) is 21.3. The first kappa shape index (κ1) is 20.6. The van der Waals surface area contributed by atoms with Crippen LogP contribution in [0.25, 0.3) is 0 Å². The van der Waals surface area contributed by atoms with Gasteiger partial charge in [-0.05, 0) is 78.4 Å². The average Bonchev–Trinajstić information content (AvgIpc) is 2.80. The van der Waals surface area contributed by atoms with Gasteiger partial charge in [-0.1, -0.05) is 0 Å². The molecule has 0 bridgehead atoms. The highest BCUT2D eigenvalue weighted by Gasteiger charge is 2.09. The van der Waals surface area contributed by atoms with Crippen LogP contribution in [0.4, 0.5) is 0 Å². The van der Waals surface area contributed by atoms with Gasteiger partial charge in [0.1, 0.15) is 17.2 Å². The van der Waals surface area contributed by atoms with Crippen LogP contribution in [0.15, 0.2) is 77.9 Å². The first-order valence-corrected chi connectivity index (χ1v) is 9.03. The Balaban J connectivity index is 1.54. The van der Waals surface area contributed by atoms with Crippen molar-refractivity contribution in [3.63, 3.8) is 0 Å². The second-order valence-electron chi connectivity index (χ2n) is 6.11. The van der Waals surface area contributed by atoms with E-state index >= 15 is 0 Å². The Kier molecular flexibility index (Phi) is 6.78. The largest absolute Gasteiger partial charge is 0.497 e. The van der Waals surface area contributed by atoms with Crippen molar-refractivity contribution in [2.45, 2.75) is 0 Å². The molecular formula is C23H20N2O5. The summed E-state index contributed by atoms with van der Waals surface area (Å²) in [5.74, 6) is 0.928. The second kappa shape index (κ2) is 9.88. The Hall–Kier alpha value is -4.13. The van der Waals surface area contributed by atoms with Crippen LogP contribution >= 0.6 is 0 Å². The number of carbonyl (C=O) groups is 2. The van der Waals surface area contributed by atoms with E-state index in [9.17, 15) is 9.59 Å². The van der Waals surface area contributed by atoms with E-state index in [1.54, 1.807) is 87.0 Å². The SMILES string of the molecule is COc1ccc(C(=O)N/N=C/c2ccc(OC(=O)c3ccc(OC)cc3)cc2)cc1. The monoisotopic (exact) mass is 404 g/mol. The summed E-state index contributed by atoms with van der Waals surface area (Å²) in [7, 11) is 3.12. The molecule has 0 fully saturated rings. The van der Waals surface area contributed by atoms with E-state index in [0.717, 1.165) is 5.56 Å². The van der Waals surface area contributed by atoms with Crippen molar-refractivity contribution in [2.24, 2.45) is 5.10 Å². The van der Waals surface area contributed by atoms with Gasteiger partial charge in [0.15, 0.2) is 0 Å². The molecule has 152 valence electrons. The van der Waals surface area contributed by atoms with Gasteiger partial charge in [0.25, 0.3) is 5.91 Å². The number of amides is 1. The number of nitrogens with zero attached hydrogens (tertiary/aromatic N) is 1. The van der Waals surface area contributed by atoms with E-state index in [1.807, 2.05) is 0 Å². The maximum atomic E-state index is 12.2. The third-order valence-electron chi connectivity index (χ3n) is 4.15. The lowest BCUT2D eigenvalue weighted by Gasteiger charge is -2.05. The van der Waals surface area contributed by atoms with Gasteiger partial charge in [0.05, 0.1) is 26.0 Å². The van der Waals surface area contributed by atoms with Crippen molar-refractivity contribution in [3.8, 4) is 17.2 Å². The van der Waals surface area contributed by atoms with Gasteiger partial charge in [-0.2, -0.15) is 5.10 Å². The summed E-state index contributed by atoms with van der Waals surface area (Å²) in [6.45, 7) is 0. The van der Waals surface area contributed by atoms with E-state index in [1.165, 1.54) is 6.21 Å². The number of rotatable bonds is 7. The molecular weight excluding hydrogens is 384 g/mol. The van der Waals surface area contributed by atoms with E-state index in [4.69, 9.17) is 14.2 Å². The molecule has 0 heterocycles. The fourth-order valence-corrected chi connectivity index (χ4v) is 2.49. The summed E-state index contributed by atoms with van der Waals surface area (Å²) in [6, 6.07) is 20.1. The molecule has 0 unspecified atom stereocenters. The zero-order valence-electron chi connectivity index (χ0n) is 16.5. The summed E-state index contributed by atoms with van der Waals surface area (Å²) in [6.07, 6.45) is 1.50. The van der Waals surface area contributed by atoms with Gasteiger partial charge in [-0.15, -0.1) is 0 Å². The number of hydrazone groups is 1. The summed E-state index contributed by atoms with van der Waals surface area (Å²) in [4.78, 5) is 24.2. The van der Waals surface area contributed by atoms with Crippen LogP contribution in [0.3, 0.4) is 0 Å². The second-order valence-corrected chi connectivity index (χ2v) is 6.11. The highest BCUT2D eigenvalue weighted by molar-refractivity contribution is 5.95. The van der Waals surface area contributed by atoms with Crippen LogP contribution in [0.2, 0.25) is 0 Å². The summed E-state index contributed by atoms with van der Waals surface area (Å²) < 4.78 is 15.5. The van der Waals surface area contributed by atoms with Gasteiger partial charge in [0, 0.05) is 5.56 Å². The Morgan fingerprint density at radius 3 is 1.77 bits per heavy atom. The molecule has 0 spiro atoms. The molecule has 0 radical (unpaired) electrons. The van der Waals surface area contributed by atoms with E-state index in [0.29, 0.717) is 28.4 Å². The van der Waals surface area contributed by atoms with Crippen LogP contribution in [0, 0.1) is 0 Å². The van der Waals surface area contributed by atoms with Gasteiger partial charge < -0.3 is 14.2 Å². The number of benzene rings is 3. The number of nitrogens with one attached hydrogen (secondary N) is 1. The van der Waals surface area contributed by atoms with Gasteiger partial charge in [0.2, 0.25) is 0 Å². The van der Waals surface area contributed by atoms with Crippen LogP contribution in [-0.2, 0) is 0 Å². The molecule has 3 rings (SSSR count). The molecule has 1 amide bonds. The smallest absolute Gasteiger partial charge is 0.343 e. The van der Waals surface area contributed by atoms with Crippen LogP contribution in [0.5, 0.6) is 17.2 Å². The van der Waals surface area contributed by atoms with Crippen LogP contribution in [0.1, 0.15) is 26.3 Å². The Labute approximate surface area is 173 Å². The lowest BCUT2D eigenvalue weighted by molar-refractivity contribution is 0.0734. The standard InChI is InChI=1S/C23H20N2O5/c1-28-19-11-5-17(6-12-19)22(26)25-24-15-16-3-9-21(10-4-16)30-23(27)18-7-13-20(29-2)14-8-18/h3-15H,1-2H3,(H,25,26)/b24-15+. The fourth-order valence-electron chi connectivity index (χ4n) is 2.49. The highest BCUT2D eigenvalue weighted by atomic mass is 16.5. The molecule has 1 N–H and O–H groups in total. The minimum Gasteiger partial charge on any atom is -0.497 e. The summed E-state index contributed by atoms with van der Waals surface area (Å²) >= 11 is 0. The number of esters is 1. The predicted octanol–water partition coefficient (Wildman–Crippen LogP) is 3.69. The molecule has 0 saturated carbocycles. The minimum absolute atomic E-state index is 0.334. The van der Waals surface area contributed by atoms with Crippen molar-refractivity contribution in [1.29, 1.82) is 0 Å². The number of methoxy groups -OCH3 is 2. The molecule has 0 atom stereocenters. The molecule has 0 aromatic heterocycles. The number of carbonyl (C=O) groups excluding carboxylic acids is 2. The van der Waals surface area contributed by atoms with Crippen molar-refractivity contribution in [2.75, 3.05) is 14.2 Å². The van der Waals surface area contributed by atoms with Crippen LogP contribution < -0.4 is 19.6 Å². The number of ether oxygens (including phenoxy) is 3. The highest BCUT2D eigenvalue weighted by Crippen LogP contribution is 2.16. The van der Waals surface area contributed by atoms with Crippen molar-refractivity contribution in [3.05, 3.63) is 89.5 Å². The minimum atomic E-state index is -0.467. The summed E-state index contributed by atoms with van der Waals surface area (Å²) in [5, 5.41) is 3.94. The fraction of sp³-hybridized carbons (Fsp3) is 0.0870. The zero-order valence-corrected chi connectivity index (χ0v) is 16.5. The number of hydrogen-bond acceptors (Lipinski definition) is 6. The molecule has 30 heavy (non-hydrogen) atoms. The topological polar surface area (TPSA) is 86.2 Å². The Morgan fingerprint density at radius 2 is 1.23 bits per heavy atom.